The van der Waals surface area contributed by atoms with Gasteiger partial charge in [0.2, 0.25) is 5.82 Å². The van der Waals surface area contributed by atoms with Gasteiger partial charge in [0.1, 0.15) is 11.6 Å². The van der Waals surface area contributed by atoms with Crippen LogP contribution in [0.3, 0.4) is 0 Å². The number of nitrogens with zero attached hydrogens (tertiary/aromatic N) is 6. The van der Waals surface area contributed by atoms with Crippen molar-refractivity contribution in [2.45, 2.75) is 32.4 Å². The van der Waals surface area contributed by atoms with Gasteiger partial charge in [-0.25, -0.2) is 4.39 Å². The predicted octanol–water partition coefficient (Wildman–Crippen LogP) is 2.07. The maximum Gasteiger partial charge on any atom is 0.289 e. The van der Waals surface area contributed by atoms with Crippen LogP contribution in [0.15, 0.2) is 36.4 Å². The Kier molecular flexibility index (Phi) is 4.65. The number of hydrogen-bond acceptors (Lipinski definition) is 6. The van der Waals surface area contributed by atoms with Gasteiger partial charge in [-0.2, -0.15) is 5.10 Å². The molecule has 3 aromatic rings. The van der Waals surface area contributed by atoms with Crippen LogP contribution in [0.4, 0.5) is 10.2 Å². The minimum Gasteiger partial charge on any atom is -0.354 e. The Hall–Kier alpha value is -3.36. The molecule has 1 N–H and O–H groups in total. The first-order valence-electron chi connectivity index (χ1n) is 10.1. The molecule has 2 aliphatic rings. The minimum absolute atomic E-state index is 0.216. The topological polar surface area (TPSA) is 88.8 Å². The predicted molar refractivity (Wildman–Crippen MR) is 107 cm³/mol. The average Bonchev–Trinajstić information content (AvgIpc) is 3.37. The Bertz CT molecular complexity index is 1060. The van der Waals surface area contributed by atoms with Crippen molar-refractivity contribution in [1.29, 1.82) is 0 Å². The van der Waals surface area contributed by atoms with E-state index in [-0.39, 0.29) is 17.6 Å². The lowest BCUT2D eigenvalue weighted by Gasteiger charge is -2.24. The van der Waals surface area contributed by atoms with Crippen molar-refractivity contribution in [3.8, 4) is 0 Å². The lowest BCUT2D eigenvalue weighted by atomic mass is 9.89. The van der Waals surface area contributed by atoms with Crippen molar-refractivity contribution in [1.82, 2.24) is 30.3 Å². The van der Waals surface area contributed by atoms with Crippen LogP contribution in [0, 0.1) is 18.7 Å². The van der Waals surface area contributed by atoms with Crippen molar-refractivity contribution in [2.24, 2.45) is 5.92 Å². The van der Waals surface area contributed by atoms with Gasteiger partial charge in [0, 0.05) is 32.1 Å². The molecule has 1 saturated heterocycles. The van der Waals surface area contributed by atoms with E-state index in [4.69, 9.17) is 0 Å². The number of amides is 1. The first-order valence-corrected chi connectivity index (χ1v) is 10.1. The molecule has 0 aliphatic carbocycles. The molecule has 5 rings (SSSR count). The van der Waals surface area contributed by atoms with E-state index in [0.29, 0.717) is 18.3 Å². The van der Waals surface area contributed by atoms with Gasteiger partial charge in [-0.1, -0.05) is 12.1 Å². The summed E-state index contributed by atoms with van der Waals surface area (Å²) in [6.45, 7) is 4.65. The molecule has 1 fully saturated rings. The molecule has 1 amide bonds. The summed E-state index contributed by atoms with van der Waals surface area (Å²) in [6.07, 6.45) is 0.962. The Labute approximate surface area is 173 Å². The number of rotatable bonds is 4. The molecular formula is C21H22FN7O. The zero-order valence-electron chi connectivity index (χ0n) is 16.6. The summed E-state index contributed by atoms with van der Waals surface area (Å²) < 4.78 is 15.0. The van der Waals surface area contributed by atoms with Gasteiger partial charge < -0.3 is 14.8 Å². The molecule has 154 valence electrons. The molecule has 0 bridgehead atoms. The van der Waals surface area contributed by atoms with E-state index >= 15 is 0 Å². The molecule has 0 saturated carbocycles. The largest absolute Gasteiger partial charge is 0.354 e. The summed E-state index contributed by atoms with van der Waals surface area (Å²) in [5, 5.41) is 19.9. The number of aromatic nitrogens is 5. The van der Waals surface area contributed by atoms with E-state index < -0.39 is 0 Å². The Morgan fingerprint density at radius 1 is 1.10 bits per heavy atom. The Morgan fingerprint density at radius 2 is 1.93 bits per heavy atom. The Morgan fingerprint density at radius 3 is 2.70 bits per heavy atom. The van der Waals surface area contributed by atoms with Crippen LogP contribution in [-0.2, 0) is 13.1 Å². The third-order valence-corrected chi connectivity index (χ3v) is 5.95. The number of benzene rings is 1. The fraction of sp³-hybridized carbons (Fsp3) is 0.381. The van der Waals surface area contributed by atoms with Crippen molar-refractivity contribution < 1.29 is 9.18 Å². The van der Waals surface area contributed by atoms with Crippen LogP contribution in [-0.4, -0.2) is 44.0 Å². The van der Waals surface area contributed by atoms with Crippen molar-refractivity contribution >= 4 is 11.7 Å². The van der Waals surface area contributed by atoms with Crippen molar-refractivity contribution in [3.05, 3.63) is 65.1 Å². The summed E-state index contributed by atoms with van der Waals surface area (Å²) >= 11 is 0. The summed E-state index contributed by atoms with van der Waals surface area (Å²) in [4.78, 5) is 14.9. The highest BCUT2D eigenvalue weighted by molar-refractivity contribution is 5.90. The van der Waals surface area contributed by atoms with Crippen LogP contribution >= 0.6 is 0 Å². The monoisotopic (exact) mass is 407 g/mol. The third kappa shape index (κ3) is 3.40. The van der Waals surface area contributed by atoms with Gasteiger partial charge in [-0.15, -0.1) is 15.3 Å². The maximum absolute atomic E-state index is 13.0. The molecule has 2 atom stereocenters. The first-order chi connectivity index (χ1) is 14.6. The fourth-order valence-electron chi connectivity index (χ4n) is 4.34. The summed E-state index contributed by atoms with van der Waals surface area (Å²) in [5.74, 6) is 2.18. The van der Waals surface area contributed by atoms with Gasteiger partial charge >= 0.3 is 0 Å². The van der Waals surface area contributed by atoms with Crippen LogP contribution in [0.1, 0.15) is 40.0 Å². The van der Waals surface area contributed by atoms with E-state index in [9.17, 15) is 9.18 Å². The maximum atomic E-state index is 13.0. The lowest BCUT2D eigenvalue weighted by molar-refractivity contribution is 0.0933. The van der Waals surface area contributed by atoms with E-state index in [1.807, 2.05) is 23.6 Å². The second-order valence-corrected chi connectivity index (χ2v) is 7.94. The van der Waals surface area contributed by atoms with Crippen LogP contribution < -0.4 is 10.2 Å². The normalized spacial score (nSPS) is 20.0. The molecule has 1 aromatic carbocycles. The number of carbonyl (C=O) groups excluding carboxylic acids is 1. The number of aryl methyl sites for hydroxylation is 1. The smallest absolute Gasteiger partial charge is 0.289 e. The first kappa shape index (κ1) is 18.7. The van der Waals surface area contributed by atoms with E-state index in [1.165, 1.54) is 12.1 Å². The second kappa shape index (κ2) is 7.47. The molecule has 8 nitrogen and oxygen atoms in total. The molecule has 2 aromatic heterocycles. The number of anilines is 1. The molecular weight excluding hydrogens is 385 g/mol. The van der Waals surface area contributed by atoms with Gasteiger partial charge in [0.25, 0.3) is 5.91 Å². The highest BCUT2D eigenvalue weighted by Gasteiger charge is 2.41. The van der Waals surface area contributed by atoms with E-state index in [2.05, 4.69) is 30.6 Å². The van der Waals surface area contributed by atoms with Gasteiger partial charge in [0.05, 0.1) is 5.69 Å². The lowest BCUT2D eigenvalue weighted by Crippen LogP contribution is -2.30. The van der Waals surface area contributed by atoms with Crippen molar-refractivity contribution in [2.75, 3.05) is 18.0 Å². The molecule has 4 heterocycles. The van der Waals surface area contributed by atoms with Crippen LogP contribution in [0.5, 0.6) is 0 Å². The Balaban J connectivity index is 1.30. The quantitative estimate of drug-likeness (QED) is 0.712. The van der Waals surface area contributed by atoms with Gasteiger partial charge in [0.15, 0.2) is 5.82 Å². The average molecular weight is 407 g/mol. The fourth-order valence-corrected chi connectivity index (χ4v) is 4.34. The third-order valence-electron chi connectivity index (χ3n) is 5.95. The number of nitrogens with one attached hydrogen (secondary N) is 1. The summed E-state index contributed by atoms with van der Waals surface area (Å²) in [5.41, 5.74) is 1.72. The van der Waals surface area contributed by atoms with Crippen molar-refractivity contribution in [3.63, 3.8) is 0 Å². The zero-order chi connectivity index (χ0) is 20.7. The van der Waals surface area contributed by atoms with E-state index in [1.54, 1.807) is 12.1 Å². The zero-order valence-corrected chi connectivity index (χ0v) is 16.6. The molecule has 0 spiro atoms. The highest BCUT2D eigenvalue weighted by atomic mass is 19.1. The van der Waals surface area contributed by atoms with Gasteiger partial charge in [-0.05, 0) is 49.1 Å². The summed E-state index contributed by atoms with van der Waals surface area (Å²) in [7, 11) is 0. The SMILES string of the molecule is Cc1ccc(N2CC3CCn4c(C(=O)NCc5ccc(F)cc5)nnc4C3C2)nn1. The van der Waals surface area contributed by atoms with Gasteiger partial charge in [-0.3, -0.25) is 4.79 Å². The number of carbonyl (C=O) groups is 1. The number of hydrogen-bond donors (Lipinski definition) is 1. The van der Waals surface area contributed by atoms with Crippen LogP contribution in [0.2, 0.25) is 0 Å². The summed E-state index contributed by atoms with van der Waals surface area (Å²) in [6, 6.07) is 10.0. The number of halogens is 1. The standard InChI is InChI=1S/C21H22FN7O/c1-13-2-7-18(25-24-13)28-11-15-8-9-29-19(17(15)12-28)26-27-20(29)21(30)23-10-14-3-5-16(22)6-4-14/h2-7,15,17H,8-12H2,1H3,(H,23,30). The molecule has 30 heavy (non-hydrogen) atoms. The van der Waals surface area contributed by atoms with Crippen LogP contribution in [0.25, 0.3) is 0 Å². The second-order valence-electron chi connectivity index (χ2n) is 7.94. The molecule has 2 unspecified atom stereocenters. The van der Waals surface area contributed by atoms with E-state index in [0.717, 1.165) is 49.0 Å². The molecule has 0 radical (unpaired) electrons. The highest BCUT2D eigenvalue weighted by Crippen LogP contribution is 2.39. The number of fused-ring (bicyclic) bond motifs is 3. The minimum atomic E-state index is -0.298. The molecule has 2 aliphatic heterocycles. The molecule has 9 heteroatoms.